The highest BCUT2D eigenvalue weighted by Crippen LogP contribution is 2.37. The number of amides is 2. The van der Waals surface area contributed by atoms with E-state index in [0.29, 0.717) is 22.9 Å². The van der Waals surface area contributed by atoms with Crippen molar-refractivity contribution < 1.29 is 9.59 Å². The lowest BCUT2D eigenvalue weighted by atomic mass is 10.2. The van der Waals surface area contributed by atoms with Crippen LogP contribution in [0.15, 0.2) is 47.4 Å². The number of thiazole rings is 1. The smallest absolute Gasteiger partial charge is 0.273 e. The summed E-state index contributed by atoms with van der Waals surface area (Å²) in [4.78, 5) is 36.8. The second kappa shape index (κ2) is 7.35. The first-order valence-electron chi connectivity index (χ1n) is 8.23. The average Bonchev–Trinajstić information content (AvgIpc) is 3.42. The van der Waals surface area contributed by atoms with Crippen molar-refractivity contribution in [3.05, 3.63) is 62.9 Å². The highest BCUT2D eigenvalue weighted by Gasteiger charge is 2.32. The van der Waals surface area contributed by atoms with Crippen molar-refractivity contribution in [2.24, 2.45) is 0 Å². The van der Waals surface area contributed by atoms with Crippen LogP contribution in [0.1, 0.15) is 43.9 Å². The molecule has 8 heteroatoms. The molecule has 1 N–H and O–H groups in total. The Bertz CT molecular complexity index is 908. The molecule has 1 aliphatic rings. The van der Waals surface area contributed by atoms with E-state index in [1.807, 2.05) is 23.1 Å². The van der Waals surface area contributed by atoms with Crippen LogP contribution in [-0.4, -0.2) is 33.2 Å². The van der Waals surface area contributed by atoms with Crippen molar-refractivity contribution in [2.45, 2.75) is 18.9 Å². The summed E-state index contributed by atoms with van der Waals surface area (Å²) in [5, 5.41) is 4.57. The van der Waals surface area contributed by atoms with Gasteiger partial charge in [0, 0.05) is 23.0 Å². The first-order valence-corrected chi connectivity index (χ1v) is 9.99. The summed E-state index contributed by atoms with van der Waals surface area (Å²) in [6, 6.07) is 9.12. The molecule has 1 aliphatic heterocycles. The molecular formula is C18H16N4O2S2. The maximum absolute atomic E-state index is 12.7. The number of thiophene rings is 1. The van der Waals surface area contributed by atoms with Gasteiger partial charge in [-0.05, 0) is 37.1 Å². The molecule has 4 heterocycles. The Morgan fingerprint density at radius 2 is 2.12 bits per heavy atom. The van der Waals surface area contributed by atoms with Gasteiger partial charge in [-0.2, -0.15) is 0 Å². The summed E-state index contributed by atoms with van der Waals surface area (Å²) >= 11 is 2.84. The first kappa shape index (κ1) is 16.9. The van der Waals surface area contributed by atoms with Gasteiger partial charge in [-0.1, -0.05) is 6.07 Å². The van der Waals surface area contributed by atoms with E-state index in [4.69, 9.17) is 0 Å². The summed E-state index contributed by atoms with van der Waals surface area (Å²) in [7, 11) is 0. The van der Waals surface area contributed by atoms with Crippen LogP contribution in [0.4, 0.5) is 5.82 Å². The normalized spacial score (nSPS) is 16.6. The number of aromatic nitrogens is 2. The molecule has 1 atom stereocenters. The lowest BCUT2D eigenvalue weighted by Crippen LogP contribution is -2.30. The van der Waals surface area contributed by atoms with E-state index in [0.717, 1.165) is 17.7 Å². The van der Waals surface area contributed by atoms with Gasteiger partial charge in [-0.15, -0.1) is 22.7 Å². The standard InChI is InChI=1S/C18H16N4O2S2/c23-17(21-16-5-1-2-8-19-16)15-7-6-14(26-15)13-4-3-9-22(13)18(24)12-10-25-11-20-12/h1-2,5-8,10-11,13H,3-4,9H2,(H,19,21,23)/t13-/m0/s1. The van der Waals surface area contributed by atoms with Gasteiger partial charge in [0.2, 0.25) is 0 Å². The molecule has 0 aliphatic carbocycles. The van der Waals surface area contributed by atoms with Crippen LogP contribution in [0, 0.1) is 0 Å². The van der Waals surface area contributed by atoms with Crippen molar-refractivity contribution in [3.63, 3.8) is 0 Å². The fraction of sp³-hybridized carbons (Fsp3) is 0.222. The quantitative estimate of drug-likeness (QED) is 0.742. The average molecular weight is 384 g/mol. The summed E-state index contributed by atoms with van der Waals surface area (Å²) in [5.41, 5.74) is 2.16. The van der Waals surface area contributed by atoms with Gasteiger partial charge >= 0.3 is 0 Å². The summed E-state index contributed by atoms with van der Waals surface area (Å²) < 4.78 is 0. The molecule has 4 rings (SSSR count). The van der Waals surface area contributed by atoms with Gasteiger partial charge in [0.25, 0.3) is 11.8 Å². The molecular weight excluding hydrogens is 368 g/mol. The maximum Gasteiger partial charge on any atom is 0.273 e. The topological polar surface area (TPSA) is 75.2 Å². The van der Waals surface area contributed by atoms with Crippen LogP contribution in [0.5, 0.6) is 0 Å². The van der Waals surface area contributed by atoms with Gasteiger partial charge in [-0.3, -0.25) is 9.59 Å². The van der Waals surface area contributed by atoms with E-state index in [9.17, 15) is 9.59 Å². The number of nitrogens with one attached hydrogen (secondary N) is 1. The number of hydrogen-bond donors (Lipinski definition) is 1. The predicted octanol–water partition coefficient (Wildman–Crippen LogP) is 3.83. The van der Waals surface area contributed by atoms with Gasteiger partial charge in [0.15, 0.2) is 0 Å². The number of pyridine rings is 1. The number of likely N-dealkylation sites (tertiary alicyclic amines) is 1. The zero-order valence-corrected chi connectivity index (χ0v) is 15.4. The molecule has 0 saturated carbocycles. The van der Waals surface area contributed by atoms with Gasteiger partial charge in [0.1, 0.15) is 11.5 Å². The molecule has 6 nitrogen and oxygen atoms in total. The van der Waals surface area contributed by atoms with E-state index in [2.05, 4.69) is 15.3 Å². The predicted molar refractivity (Wildman–Crippen MR) is 102 cm³/mol. The van der Waals surface area contributed by atoms with E-state index >= 15 is 0 Å². The van der Waals surface area contributed by atoms with Crippen LogP contribution >= 0.6 is 22.7 Å². The van der Waals surface area contributed by atoms with Gasteiger partial charge in [0.05, 0.1) is 16.4 Å². The number of anilines is 1. The van der Waals surface area contributed by atoms with Crippen molar-refractivity contribution in [3.8, 4) is 0 Å². The number of nitrogens with zero attached hydrogens (tertiary/aromatic N) is 3. The van der Waals surface area contributed by atoms with E-state index in [-0.39, 0.29) is 17.9 Å². The van der Waals surface area contributed by atoms with Crippen LogP contribution < -0.4 is 5.32 Å². The Labute approximate surface area is 158 Å². The lowest BCUT2D eigenvalue weighted by molar-refractivity contribution is 0.0732. The van der Waals surface area contributed by atoms with Crippen LogP contribution in [0.3, 0.4) is 0 Å². The van der Waals surface area contributed by atoms with Gasteiger partial charge < -0.3 is 10.2 Å². The summed E-state index contributed by atoms with van der Waals surface area (Å²) in [6.07, 6.45) is 3.49. The Morgan fingerprint density at radius 1 is 1.19 bits per heavy atom. The fourth-order valence-electron chi connectivity index (χ4n) is 3.04. The van der Waals surface area contributed by atoms with Crippen LogP contribution in [-0.2, 0) is 0 Å². The molecule has 2 amide bonds. The fourth-order valence-corrected chi connectivity index (χ4v) is 4.62. The van der Waals surface area contributed by atoms with Crippen molar-refractivity contribution in [1.82, 2.24) is 14.9 Å². The molecule has 0 aromatic carbocycles. The molecule has 26 heavy (non-hydrogen) atoms. The highest BCUT2D eigenvalue weighted by atomic mass is 32.1. The molecule has 0 unspecified atom stereocenters. The van der Waals surface area contributed by atoms with Crippen molar-refractivity contribution in [2.75, 3.05) is 11.9 Å². The first-order chi connectivity index (χ1) is 12.7. The molecule has 0 radical (unpaired) electrons. The van der Waals surface area contributed by atoms with E-state index in [1.165, 1.54) is 22.7 Å². The van der Waals surface area contributed by atoms with Crippen molar-refractivity contribution >= 4 is 40.3 Å². The zero-order valence-electron chi connectivity index (χ0n) is 13.8. The number of carbonyl (C=O) groups excluding carboxylic acids is 2. The number of hydrogen-bond acceptors (Lipinski definition) is 6. The lowest BCUT2D eigenvalue weighted by Gasteiger charge is -2.23. The molecule has 3 aromatic rings. The molecule has 0 bridgehead atoms. The van der Waals surface area contributed by atoms with Crippen molar-refractivity contribution in [1.29, 1.82) is 0 Å². The Morgan fingerprint density at radius 3 is 2.88 bits per heavy atom. The minimum Gasteiger partial charge on any atom is -0.329 e. The van der Waals surface area contributed by atoms with Crippen LogP contribution in [0.2, 0.25) is 0 Å². The van der Waals surface area contributed by atoms with Gasteiger partial charge in [-0.25, -0.2) is 9.97 Å². The zero-order chi connectivity index (χ0) is 17.9. The third-order valence-corrected chi connectivity index (χ3v) is 6.02. The number of rotatable bonds is 4. The number of carbonyl (C=O) groups is 2. The second-order valence-corrected chi connectivity index (χ2v) is 7.74. The van der Waals surface area contributed by atoms with E-state index < -0.39 is 0 Å². The van der Waals surface area contributed by atoms with E-state index in [1.54, 1.807) is 29.2 Å². The maximum atomic E-state index is 12.7. The summed E-state index contributed by atoms with van der Waals surface area (Å²) in [6.45, 7) is 0.717. The molecule has 1 fully saturated rings. The minimum atomic E-state index is -0.185. The Balaban J connectivity index is 1.50. The highest BCUT2D eigenvalue weighted by molar-refractivity contribution is 7.14. The third kappa shape index (κ3) is 3.38. The Hall–Kier alpha value is -2.58. The SMILES string of the molecule is O=C(Nc1ccccn1)c1ccc([C@@H]2CCCN2C(=O)c2cscn2)s1. The van der Waals surface area contributed by atoms with Crippen LogP contribution in [0.25, 0.3) is 0 Å². The monoisotopic (exact) mass is 384 g/mol. The largest absolute Gasteiger partial charge is 0.329 e. The second-order valence-electron chi connectivity index (χ2n) is 5.90. The molecule has 0 spiro atoms. The third-order valence-electron chi connectivity index (χ3n) is 4.25. The Kier molecular flexibility index (Phi) is 4.77. The molecule has 3 aromatic heterocycles. The molecule has 1 saturated heterocycles. The summed E-state index contributed by atoms with van der Waals surface area (Å²) in [5.74, 6) is 0.297. The minimum absolute atomic E-state index is 0.00519. The molecule has 132 valence electrons.